The number of benzene rings is 1. The molecular weight excluding hydrogens is 290 g/mol. The molecule has 0 saturated heterocycles. The molecular formula is C19H27NO3. The number of aliphatic hydroxyl groups is 1. The second-order valence-corrected chi connectivity index (χ2v) is 6.39. The molecule has 0 aliphatic rings. The first-order chi connectivity index (χ1) is 11.0. The topological polar surface area (TPSA) is 55.5 Å². The highest BCUT2D eigenvalue weighted by Crippen LogP contribution is 2.23. The molecule has 1 unspecified atom stereocenters. The lowest BCUT2D eigenvalue weighted by molar-refractivity contribution is 0.159. The minimum atomic E-state index is -0.396. The lowest BCUT2D eigenvalue weighted by atomic mass is 10.00. The van der Waals surface area contributed by atoms with Gasteiger partial charge in [0.2, 0.25) is 0 Å². The van der Waals surface area contributed by atoms with E-state index in [2.05, 4.69) is 18.8 Å². The molecule has 0 aliphatic heterocycles. The fourth-order valence-electron chi connectivity index (χ4n) is 2.51. The number of hydrogen-bond acceptors (Lipinski definition) is 4. The highest BCUT2D eigenvalue weighted by atomic mass is 16.5. The summed E-state index contributed by atoms with van der Waals surface area (Å²) in [5.41, 5.74) is 1.89. The van der Waals surface area contributed by atoms with E-state index in [4.69, 9.17) is 9.15 Å². The molecule has 1 N–H and O–H groups in total. The van der Waals surface area contributed by atoms with E-state index >= 15 is 0 Å². The van der Waals surface area contributed by atoms with Crippen LogP contribution in [0, 0.1) is 19.8 Å². The summed E-state index contributed by atoms with van der Waals surface area (Å²) in [5, 5.41) is 10.2. The number of oxazole rings is 1. The molecule has 126 valence electrons. The van der Waals surface area contributed by atoms with Gasteiger partial charge in [0, 0.05) is 13.3 Å². The second kappa shape index (κ2) is 8.16. The van der Waals surface area contributed by atoms with Crippen molar-refractivity contribution >= 4 is 0 Å². The van der Waals surface area contributed by atoms with E-state index in [0.717, 1.165) is 42.0 Å². The number of aromatic nitrogens is 1. The van der Waals surface area contributed by atoms with Crippen LogP contribution < -0.4 is 4.74 Å². The van der Waals surface area contributed by atoms with Crippen LogP contribution in [0.5, 0.6) is 5.75 Å². The van der Waals surface area contributed by atoms with Crippen molar-refractivity contribution in [3.63, 3.8) is 0 Å². The van der Waals surface area contributed by atoms with E-state index in [0.29, 0.717) is 18.4 Å². The molecule has 1 heterocycles. The predicted octanol–water partition coefficient (Wildman–Crippen LogP) is 4.38. The first-order valence-corrected chi connectivity index (χ1v) is 8.29. The van der Waals surface area contributed by atoms with E-state index in [1.54, 1.807) is 0 Å². The quantitative estimate of drug-likeness (QED) is 0.785. The Kier molecular flexibility index (Phi) is 6.22. The van der Waals surface area contributed by atoms with Gasteiger partial charge in [-0.1, -0.05) is 26.0 Å². The van der Waals surface area contributed by atoms with Crippen LogP contribution in [0.15, 0.2) is 28.7 Å². The smallest absolute Gasteiger partial charge is 0.191 e. The second-order valence-electron chi connectivity index (χ2n) is 6.39. The van der Waals surface area contributed by atoms with Gasteiger partial charge in [0.05, 0.1) is 18.4 Å². The maximum Gasteiger partial charge on any atom is 0.191 e. The van der Waals surface area contributed by atoms with Gasteiger partial charge in [-0.15, -0.1) is 0 Å². The summed E-state index contributed by atoms with van der Waals surface area (Å²) >= 11 is 0. The monoisotopic (exact) mass is 317 g/mol. The van der Waals surface area contributed by atoms with Gasteiger partial charge < -0.3 is 14.3 Å². The Hall–Kier alpha value is -1.81. The van der Waals surface area contributed by atoms with Crippen LogP contribution in [0.3, 0.4) is 0 Å². The van der Waals surface area contributed by atoms with Crippen molar-refractivity contribution in [2.75, 3.05) is 6.61 Å². The summed E-state index contributed by atoms with van der Waals surface area (Å²) in [7, 11) is 0. The summed E-state index contributed by atoms with van der Waals surface area (Å²) in [6.07, 6.45) is 2.15. The standard InChI is InChI=1S/C19H27NO3/c1-13(2)5-10-19(21)16-6-8-17(9-7-16)22-12-11-18-14(3)23-15(4)20-18/h6-9,13,19,21H,5,10-12H2,1-4H3. The third-order valence-electron chi connectivity index (χ3n) is 3.89. The number of rotatable bonds is 8. The van der Waals surface area contributed by atoms with E-state index in [9.17, 15) is 5.11 Å². The van der Waals surface area contributed by atoms with Crippen molar-refractivity contribution in [3.8, 4) is 5.75 Å². The van der Waals surface area contributed by atoms with E-state index < -0.39 is 6.10 Å². The zero-order chi connectivity index (χ0) is 16.8. The predicted molar refractivity (Wildman–Crippen MR) is 90.6 cm³/mol. The van der Waals surface area contributed by atoms with Crippen molar-refractivity contribution in [3.05, 3.63) is 47.2 Å². The van der Waals surface area contributed by atoms with Crippen LogP contribution >= 0.6 is 0 Å². The maximum absolute atomic E-state index is 10.2. The fraction of sp³-hybridized carbons (Fsp3) is 0.526. The Bertz CT molecular complexity index is 602. The van der Waals surface area contributed by atoms with Gasteiger partial charge in [-0.2, -0.15) is 0 Å². The molecule has 0 amide bonds. The first-order valence-electron chi connectivity index (χ1n) is 8.29. The van der Waals surface area contributed by atoms with Crippen molar-refractivity contribution in [1.29, 1.82) is 0 Å². The molecule has 1 aromatic heterocycles. The molecule has 1 atom stereocenters. The summed E-state index contributed by atoms with van der Waals surface area (Å²) < 4.78 is 11.1. The molecule has 4 heteroatoms. The third-order valence-corrected chi connectivity index (χ3v) is 3.89. The molecule has 0 bridgehead atoms. The minimum Gasteiger partial charge on any atom is -0.493 e. The molecule has 0 saturated carbocycles. The number of nitrogens with zero attached hydrogens (tertiary/aromatic N) is 1. The normalized spacial score (nSPS) is 12.6. The van der Waals surface area contributed by atoms with E-state index in [1.807, 2.05) is 38.1 Å². The summed E-state index contributed by atoms with van der Waals surface area (Å²) in [5.74, 6) is 2.96. The van der Waals surface area contributed by atoms with Gasteiger partial charge in [0.25, 0.3) is 0 Å². The molecule has 2 aromatic rings. The van der Waals surface area contributed by atoms with Gasteiger partial charge in [0.1, 0.15) is 11.5 Å². The molecule has 1 aromatic carbocycles. The fourth-order valence-corrected chi connectivity index (χ4v) is 2.51. The Morgan fingerprint density at radius 1 is 1.13 bits per heavy atom. The maximum atomic E-state index is 10.2. The Morgan fingerprint density at radius 3 is 2.39 bits per heavy atom. The summed E-state index contributed by atoms with van der Waals surface area (Å²) in [4.78, 5) is 4.33. The van der Waals surface area contributed by atoms with Gasteiger partial charge >= 0.3 is 0 Å². The third kappa shape index (κ3) is 5.39. The SMILES string of the molecule is Cc1nc(CCOc2ccc(C(O)CCC(C)C)cc2)c(C)o1. The van der Waals surface area contributed by atoms with Crippen LogP contribution in [0.1, 0.15) is 55.7 Å². The minimum absolute atomic E-state index is 0.396. The van der Waals surface area contributed by atoms with Crippen LogP contribution in [0.2, 0.25) is 0 Å². The van der Waals surface area contributed by atoms with Gasteiger partial charge in [-0.3, -0.25) is 0 Å². The lowest BCUT2D eigenvalue weighted by Crippen LogP contribution is -2.03. The molecule has 4 nitrogen and oxygen atoms in total. The highest BCUT2D eigenvalue weighted by Gasteiger charge is 2.09. The Morgan fingerprint density at radius 2 is 1.83 bits per heavy atom. The Balaban J connectivity index is 1.81. The van der Waals surface area contributed by atoms with Crippen LogP contribution in [0.4, 0.5) is 0 Å². The Labute approximate surface area is 138 Å². The number of aryl methyl sites for hydroxylation is 2. The number of aliphatic hydroxyl groups excluding tert-OH is 1. The molecule has 23 heavy (non-hydrogen) atoms. The van der Waals surface area contributed by atoms with Gasteiger partial charge in [-0.25, -0.2) is 4.98 Å². The molecule has 2 rings (SSSR count). The average molecular weight is 317 g/mol. The van der Waals surface area contributed by atoms with Crippen LogP contribution in [0.25, 0.3) is 0 Å². The molecule has 0 fully saturated rings. The first kappa shape index (κ1) is 17.5. The zero-order valence-corrected chi connectivity index (χ0v) is 14.5. The largest absolute Gasteiger partial charge is 0.493 e. The number of hydrogen-bond donors (Lipinski definition) is 1. The average Bonchev–Trinajstić information content (AvgIpc) is 2.83. The molecule has 0 spiro atoms. The van der Waals surface area contributed by atoms with Crippen LogP contribution in [-0.2, 0) is 6.42 Å². The van der Waals surface area contributed by atoms with Gasteiger partial charge in [-0.05, 0) is 43.4 Å². The van der Waals surface area contributed by atoms with Crippen molar-refractivity contribution < 1.29 is 14.3 Å². The van der Waals surface area contributed by atoms with Crippen LogP contribution in [-0.4, -0.2) is 16.7 Å². The molecule has 0 aliphatic carbocycles. The van der Waals surface area contributed by atoms with E-state index in [1.165, 1.54) is 0 Å². The van der Waals surface area contributed by atoms with Gasteiger partial charge in [0.15, 0.2) is 5.89 Å². The van der Waals surface area contributed by atoms with E-state index in [-0.39, 0.29) is 0 Å². The van der Waals surface area contributed by atoms with Crippen molar-refractivity contribution in [2.24, 2.45) is 5.92 Å². The summed E-state index contributed by atoms with van der Waals surface area (Å²) in [6.45, 7) is 8.66. The van der Waals surface area contributed by atoms with Crippen molar-refractivity contribution in [1.82, 2.24) is 4.98 Å². The highest BCUT2D eigenvalue weighted by molar-refractivity contribution is 5.28. The van der Waals surface area contributed by atoms with Crippen molar-refractivity contribution in [2.45, 2.75) is 53.1 Å². The summed E-state index contributed by atoms with van der Waals surface area (Å²) in [6, 6.07) is 7.70. The lowest BCUT2D eigenvalue weighted by Gasteiger charge is -2.13. The number of ether oxygens (including phenoxy) is 1. The molecule has 0 radical (unpaired) electrons. The zero-order valence-electron chi connectivity index (χ0n) is 14.5.